The molecule has 86 valence electrons. The standard InChI is InChI=1S/C11H14N2OS2/c1-2-9-10(16-6-5-15-9)11-12-4-3-8(7-14)13-11/h3-4,7,9-10H,2,5-6H2,1H3. The molecular weight excluding hydrogens is 240 g/mol. The molecule has 1 aromatic heterocycles. The number of carbonyl (C=O) groups is 1. The van der Waals surface area contributed by atoms with Gasteiger partial charge in [0.1, 0.15) is 11.5 Å². The van der Waals surface area contributed by atoms with Crippen molar-refractivity contribution in [2.45, 2.75) is 23.8 Å². The number of rotatable bonds is 3. The lowest BCUT2D eigenvalue weighted by Gasteiger charge is -2.28. The van der Waals surface area contributed by atoms with Crippen LogP contribution in [0.3, 0.4) is 0 Å². The van der Waals surface area contributed by atoms with E-state index in [1.54, 1.807) is 12.3 Å². The molecule has 0 radical (unpaired) electrons. The molecule has 2 rings (SSSR count). The first-order valence-corrected chi connectivity index (χ1v) is 7.46. The van der Waals surface area contributed by atoms with Gasteiger partial charge in [-0.25, -0.2) is 9.97 Å². The first kappa shape index (κ1) is 11.9. The van der Waals surface area contributed by atoms with Crippen LogP contribution >= 0.6 is 23.5 Å². The highest BCUT2D eigenvalue weighted by atomic mass is 32.2. The maximum atomic E-state index is 10.7. The van der Waals surface area contributed by atoms with E-state index < -0.39 is 0 Å². The monoisotopic (exact) mass is 254 g/mol. The zero-order valence-corrected chi connectivity index (χ0v) is 10.8. The normalized spacial score (nSPS) is 25.3. The Morgan fingerprint density at radius 2 is 2.31 bits per heavy atom. The average molecular weight is 254 g/mol. The lowest BCUT2D eigenvalue weighted by Crippen LogP contribution is -2.20. The first-order valence-electron chi connectivity index (χ1n) is 5.36. The lowest BCUT2D eigenvalue weighted by atomic mass is 10.2. The van der Waals surface area contributed by atoms with Crippen molar-refractivity contribution >= 4 is 29.8 Å². The molecular formula is C11H14N2OS2. The van der Waals surface area contributed by atoms with Gasteiger partial charge < -0.3 is 0 Å². The van der Waals surface area contributed by atoms with Crippen LogP contribution < -0.4 is 0 Å². The van der Waals surface area contributed by atoms with Crippen molar-refractivity contribution in [1.82, 2.24) is 9.97 Å². The van der Waals surface area contributed by atoms with Crippen molar-refractivity contribution < 1.29 is 4.79 Å². The molecule has 0 bridgehead atoms. The molecule has 0 aliphatic carbocycles. The summed E-state index contributed by atoms with van der Waals surface area (Å²) in [6.45, 7) is 2.19. The van der Waals surface area contributed by atoms with Gasteiger partial charge in [-0.2, -0.15) is 11.8 Å². The first-order chi connectivity index (χ1) is 7.85. The molecule has 0 amide bonds. The fraction of sp³-hybridized carbons (Fsp3) is 0.545. The van der Waals surface area contributed by atoms with Crippen molar-refractivity contribution in [3.63, 3.8) is 0 Å². The van der Waals surface area contributed by atoms with E-state index in [1.807, 2.05) is 23.5 Å². The third kappa shape index (κ3) is 2.58. The molecule has 5 heteroatoms. The Labute approximate surface area is 104 Å². The van der Waals surface area contributed by atoms with Crippen LogP contribution in [-0.2, 0) is 0 Å². The molecule has 1 fully saturated rings. The molecule has 0 N–H and O–H groups in total. The Morgan fingerprint density at radius 1 is 1.50 bits per heavy atom. The Balaban J connectivity index is 2.23. The third-order valence-electron chi connectivity index (χ3n) is 2.52. The van der Waals surface area contributed by atoms with Gasteiger partial charge in [0.25, 0.3) is 0 Å². The number of hydrogen-bond acceptors (Lipinski definition) is 5. The minimum absolute atomic E-state index is 0.337. The van der Waals surface area contributed by atoms with E-state index in [-0.39, 0.29) is 0 Å². The second-order valence-electron chi connectivity index (χ2n) is 3.57. The summed E-state index contributed by atoms with van der Waals surface area (Å²) in [6, 6.07) is 1.65. The number of aromatic nitrogens is 2. The summed E-state index contributed by atoms with van der Waals surface area (Å²) < 4.78 is 0. The molecule has 1 aliphatic heterocycles. The zero-order valence-electron chi connectivity index (χ0n) is 9.13. The molecule has 0 saturated carbocycles. The van der Waals surface area contributed by atoms with Gasteiger partial charge in [0, 0.05) is 23.0 Å². The van der Waals surface area contributed by atoms with Gasteiger partial charge >= 0.3 is 0 Å². The number of thioether (sulfide) groups is 2. The second-order valence-corrected chi connectivity index (χ2v) is 6.16. The van der Waals surface area contributed by atoms with E-state index in [0.717, 1.165) is 24.3 Å². The van der Waals surface area contributed by atoms with Crippen LogP contribution in [0.1, 0.15) is 34.9 Å². The van der Waals surface area contributed by atoms with Crippen LogP contribution in [0.2, 0.25) is 0 Å². The number of carbonyl (C=O) groups excluding carboxylic acids is 1. The van der Waals surface area contributed by atoms with Crippen molar-refractivity contribution in [3.05, 3.63) is 23.8 Å². The summed E-state index contributed by atoms with van der Waals surface area (Å²) in [5.41, 5.74) is 0.482. The molecule has 3 nitrogen and oxygen atoms in total. The van der Waals surface area contributed by atoms with Crippen molar-refractivity contribution in [2.75, 3.05) is 11.5 Å². The number of nitrogens with zero attached hydrogens (tertiary/aromatic N) is 2. The van der Waals surface area contributed by atoms with E-state index in [2.05, 4.69) is 16.9 Å². The Bertz CT molecular complexity index is 373. The van der Waals surface area contributed by atoms with Crippen molar-refractivity contribution in [3.8, 4) is 0 Å². The molecule has 1 aliphatic rings. The van der Waals surface area contributed by atoms with Crippen molar-refractivity contribution in [1.29, 1.82) is 0 Å². The van der Waals surface area contributed by atoms with E-state index in [4.69, 9.17) is 0 Å². The Morgan fingerprint density at radius 3 is 3.06 bits per heavy atom. The zero-order chi connectivity index (χ0) is 11.4. The average Bonchev–Trinajstić information content (AvgIpc) is 2.38. The summed E-state index contributed by atoms with van der Waals surface area (Å²) in [5, 5.41) is 0.907. The van der Waals surface area contributed by atoms with Gasteiger partial charge in [-0.1, -0.05) is 6.92 Å². The molecule has 2 unspecified atom stereocenters. The second kappa shape index (κ2) is 5.68. The highest BCUT2D eigenvalue weighted by Gasteiger charge is 2.28. The van der Waals surface area contributed by atoms with Gasteiger partial charge in [0.15, 0.2) is 6.29 Å². The minimum Gasteiger partial charge on any atom is -0.296 e. The lowest BCUT2D eigenvalue weighted by molar-refractivity contribution is 0.111. The van der Waals surface area contributed by atoms with Gasteiger partial charge in [-0.05, 0) is 12.5 Å². The Kier molecular flexibility index (Phi) is 4.23. The largest absolute Gasteiger partial charge is 0.296 e. The number of aldehydes is 1. The van der Waals surface area contributed by atoms with Crippen LogP contribution in [-0.4, -0.2) is 33.0 Å². The van der Waals surface area contributed by atoms with Gasteiger partial charge in [-0.15, -0.1) is 11.8 Å². The molecule has 2 atom stereocenters. The predicted molar refractivity (Wildman–Crippen MR) is 69.2 cm³/mol. The van der Waals surface area contributed by atoms with Crippen LogP contribution in [0, 0.1) is 0 Å². The summed E-state index contributed by atoms with van der Waals surface area (Å²) in [4.78, 5) is 19.3. The maximum absolute atomic E-state index is 10.7. The van der Waals surface area contributed by atoms with Crippen molar-refractivity contribution in [2.24, 2.45) is 0 Å². The highest BCUT2D eigenvalue weighted by molar-refractivity contribution is 8.06. The summed E-state index contributed by atoms with van der Waals surface area (Å²) in [6.07, 6.45) is 3.59. The molecule has 2 heterocycles. The Hall–Kier alpha value is -0.550. The molecule has 0 aromatic carbocycles. The maximum Gasteiger partial charge on any atom is 0.168 e. The van der Waals surface area contributed by atoms with Crippen LogP contribution in [0.5, 0.6) is 0 Å². The van der Waals surface area contributed by atoms with E-state index >= 15 is 0 Å². The van der Waals surface area contributed by atoms with E-state index in [0.29, 0.717) is 16.2 Å². The summed E-state index contributed by atoms with van der Waals surface area (Å²) in [7, 11) is 0. The van der Waals surface area contributed by atoms with E-state index in [1.165, 1.54) is 5.75 Å². The third-order valence-corrected chi connectivity index (χ3v) is 5.77. The fourth-order valence-corrected chi connectivity index (χ4v) is 4.73. The molecule has 1 aromatic rings. The van der Waals surface area contributed by atoms with E-state index in [9.17, 15) is 4.79 Å². The van der Waals surface area contributed by atoms with Gasteiger partial charge in [0.05, 0.1) is 5.25 Å². The van der Waals surface area contributed by atoms with Gasteiger partial charge in [-0.3, -0.25) is 4.79 Å². The summed E-state index contributed by atoms with van der Waals surface area (Å²) >= 11 is 3.90. The highest BCUT2D eigenvalue weighted by Crippen LogP contribution is 2.42. The minimum atomic E-state index is 0.337. The smallest absolute Gasteiger partial charge is 0.168 e. The summed E-state index contributed by atoms with van der Waals surface area (Å²) in [5.74, 6) is 3.15. The molecule has 1 saturated heterocycles. The van der Waals surface area contributed by atoms with Crippen LogP contribution in [0.4, 0.5) is 0 Å². The molecule has 0 spiro atoms. The van der Waals surface area contributed by atoms with Crippen LogP contribution in [0.15, 0.2) is 12.3 Å². The predicted octanol–water partition coefficient (Wildman–Crippen LogP) is 2.59. The van der Waals surface area contributed by atoms with Gasteiger partial charge in [0.2, 0.25) is 0 Å². The molecule has 16 heavy (non-hydrogen) atoms. The fourth-order valence-electron chi connectivity index (χ4n) is 1.73. The SMILES string of the molecule is CCC1SCCSC1c1nccc(C=O)n1. The number of hydrogen-bond donors (Lipinski definition) is 0. The quantitative estimate of drug-likeness (QED) is 0.776. The van der Waals surface area contributed by atoms with Crippen LogP contribution in [0.25, 0.3) is 0 Å². The topological polar surface area (TPSA) is 42.9 Å².